The largest absolute Gasteiger partial charge is 0.454 e. The Kier molecular flexibility index (Phi) is 5.16. The number of amides is 1. The van der Waals surface area contributed by atoms with Crippen LogP contribution < -0.4 is 10.9 Å². The van der Waals surface area contributed by atoms with E-state index in [0.29, 0.717) is 5.76 Å². The Balaban J connectivity index is 1.98. The van der Waals surface area contributed by atoms with Gasteiger partial charge in [-0.15, -0.1) is 0 Å². The number of furan rings is 1. The fraction of sp³-hybridized carbons (Fsp3) is 0.375. The van der Waals surface area contributed by atoms with Gasteiger partial charge in [0.2, 0.25) is 0 Å². The number of nitrogens with zero attached hydrogens (tertiary/aromatic N) is 1. The molecule has 0 bridgehead atoms. The monoisotopic (exact) mass is 304 g/mol. The molecule has 6 nitrogen and oxygen atoms in total. The van der Waals surface area contributed by atoms with Crippen LogP contribution in [0, 0.1) is 5.92 Å². The van der Waals surface area contributed by atoms with Crippen LogP contribution in [0.3, 0.4) is 0 Å². The molecule has 0 aliphatic carbocycles. The van der Waals surface area contributed by atoms with E-state index in [1.54, 1.807) is 30.5 Å². The third kappa shape index (κ3) is 4.08. The molecule has 118 valence electrons. The zero-order chi connectivity index (χ0) is 16.1. The van der Waals surface area contributed by atoms with Crippen molar-refractivity contribution in [3.05, 3.63) is 58.4 Å². The van der Waals surface area contributed by atoms with Gasteiger partial charge in [0.25, 0.3) is 11.5 Å². The predicted molar refractivity (Wildman–Crippen MR) is 81.7 cm³/mol. The number of aromatic nitrogens is 1. The molecule has 1 amide bonds. The third-order valence-corrected chi connectivity index (χ3v) is 3.35. The minimum Gasteiger partial charge on any atom is -0.454 e. The van der Waals surface area contributed by atoms with Crippen LogP contribution in [-0.2, 0) is 6.54 Å². The normalized spacial score (nSPS) is 12.4. The van der Waals surface area contributed by atoms with Crippen LogP contribution in [0.5, 0.6) is 0 Å². The minimum atomic E-state index is -0.596. The molecular formula is C16H20N2O4. The summed E-state index contributed by atoms with van der Waals surface area (Å²) < 4.78 is 6.93. The van der Waals surface area contributed by atoms with Crippen LogP contribution in [0.25, 0.3) is 0 Å². The molecule has 0 aliphatic rings. The Hall–Kier alpha value is -2.34. The molecule has 2 heterocycles. The number of hydrogen-bond acceptors (Lipinski definition) is 4. The first-order valence-corrected chi connectivity index (χ1v) is 7.18. The van der Waals surface area contributed by atoms with E-state index >= 15 is 0 Å². The molecule has 0 radical (unpaired) electrons. The quantitative estimate of drug-likeness (QED) is 0.841. The van der Waals surface area contributed by atoms with Gasteiger partial charge in [-0.3, -0.25) is 9.59 Å². The second-order valence-electron chi connectivity index (χ2n) is 5.45. The SMILES string of the molecule is CC(C)C(O)CNC(=O)c1ccc(Cn2ccccc2=O)o1. The molecule has 1 atom stereocenters. The summed E-state index contributed by atoms with van der Waals surface area (Å²) >= 11 is 0. The molecule has 0 saturated carbocycles. The Labute approximate surface area is 128 Å². The van der Waals surface area contributed by atoms with Gasteiger partial charge in [0, 0.05) is 18.8 Å². The predicted octanol–water partition coefficient (Wildman–Crippen LogP) is 1.24. The van der Waals surface area contributed by atoms with E-state index in [-0.39, 0.29) is 36.2 Å². The van der Waals surface area contributed by atoms with E-state index in [0.717, 1.165) is 0 Å². The molecule has 22 heavy (non-hydrogen) atoms. The summed E-state index contributed by atoms with van der Waals surface area (Å²) in [6.45, 7) is 4.19. The maximum absolute atomic E-state index is 11.9. The first-order chi connectivity index (χ1) is 10.5. The summed E-state index contributed by atoms with van der Waals surface area (Å²) in [5.41, 5.74) is -0.134. The summed E-state index contributed by atoms with van der Waals surface area (Å²) in [6.07, 6.45) is 1.06. The second-order valence-corrected chi connectivity index (χ2v) is 5.45. The van der Waals surface area contributed by atoms with Crippen molar-refractivity contribution < 1.29 is 14.3 Å². The van der Waals surface area contributed by atoms with Crippen molar-refractivity contribution in [3.8, 4) is 0 Å². The first-order valence-electron chi connectivity index (χ1n) is 7.18. The Bertz CT molecular complexity index is 687. The summed E-state index contributed by atoms with van der Waals surface area (Å²) in [5.74, 6) is 0.363. The Morgan fingerprint density at radius 2 is 2.09 bits per heavy atom. The van der Waals surface area contributed by atoms with Crippen LogP contribution in [0.4, 0.5) is 0 Å². The van der Waals surface area contributed by atoms with E-state index in [1.165, 1.54) is 10.6 Å². The van der Waals surface area contributed by atoms with Crippen molar-refractivity contribution in [2.24, 2.45) is 5.92 Å². The minimum absolute atomic E-state index is 0.0671. The molecule has 0 fully saturated rings. The molecule has 2 N–H and O–H groups in total. The zero-order valence-electron chi connectivity index (χ0n) is 12.7. The van der Waals surface area contributed by atoms with Crippen molar-refractivity contribution in [2.45, 2.75) is 26.5 Å². The van der Waals surface area contributed by atoms with Crippen molar-refractivity contribution in [1.82, 2.24) is 9.88 Å². The van der Waals surface area contributed by atoms with Crippen molar-refractivity contribution in [2.75, 3.05) is 6.54 Å². The molecule has 2 aromatic heterocycles. The van der Waals surface area contributed by atoms with E-state index in [1.807, 2.05) is 13.8 Å². The number of hydrogen-bond donors (Lipinski definition) is 2. The number of aliphatic hydroxyl groups is 1. The molecule has 2 aromatic rings. The Morgan fingerprint density at radius 3 is 2.77 bits per heavy atom. The highest BCUT2D eigenvalue weighted by molar-refractivity contribution is 5.91. The van der Waals surface area contributed by atoms with Gasteiger partial charge in [0.15, 0.2) is 5.76 Å². The molecular weight excluding hydrogens is 284 g/mol. The molecule has 0 spiro atoms. The third-order valence-electron chi connectivity index (χ3n) is 3.35. The summed E-state index contributed by atoms with van der Waals surface area (Å²) in [5, 5.41) is 12.3. The number of aliphatic hydroxyl groups excluding tert-OH is 1. The maximum Gasteiger partial charge on any atom is 0.287 e. The summed E-state index contributed by atoms with van der Waals surface area (Å²) in [6, 6.07) is 8.10. The van der Waals surface area contributed by atoms with Crippen LogP contribution in [0.2, 0.25) is 0 Å². The lowest BCUT2D eigenvalue weighted by molar-refractivity contribution is 0.0845. The van der Waals surface area contributed by atoms with E-state index in [2.05, 4.69) is 5.32 Å². The number of rotatable bonds is 6. The lowest BCUT2D eigenvalue weighted by Crippen LogP contribution is -2.34. The van der Waals surface area contributed by atoms with Gasteiger partial charge in [-0.1, -0.05) is 19.9 Å². The molecule has 0 saturated heterocycles. The van der Waals surface area contributed by atoms with Crippen LogP contribution >= 0.6 is 0 Å². The lowest BCUT2D eigenvalue weighted by atomic mass is 10.1. The molecule has 1 unspecified atom stereocenters. The maximum atomic E-state index is 11.9. The van der Waals surface area contributed by atoms with Crippen LogP contribution in [0.15, 0.2) is 45.7 Å². The summed E-state index contributed by atoms with van der Waals surface area (Å²) in [7, 11) is 0. The van der Waals surface area contributed by atoms with Crippen molar-refractivity contribution >= 4 is 5.91 Å². The zero-order valence-corrected chi connectivity index (χ0v) is 12.7. The number of nitrogens with one attached hydrogen (secondary N) is 1. The Morgan fingerprint density at radius 1 is 1.32 bits per heavy atom. The topological polar surface area (TPSA) is 84.5 Å². The average molecular weight is 304 g/mol. The van der Waals surface area contributed by atoms with E-state index < -0.39 is 6.10 Å². The molecule has 0 aromatic carbocycles. The van der Waals surface area contributed by atoms with Crippen LogP contribution in [0.1, 0.15) is 30.2 Å². The summed E-state index contributed by atoms with van der Waals surface area (Å²) in [4.78, 5) is 23.5. The first kappa shape index (κ1) is 16.0. The van der Waals surface area contributed by atoms with E-state index in [4.69, 9.17) is 4.42 Å². The smallest absolute Gasteiger partial charge is 0.287 e. The number of carbonyl (C=O) groups excluding carboxylic acids is 1. The van der Waals surface area contributed by atoms with E-state index in [9.17, 15) is 14.7 Å². The van der Waals surface area contributed by atoms with Gasteiger partial charge in [-0.05, 0) is 24.1 Å². The molecule has 2 rings (SSSR count). The highest BCUT2D eigenvalue weighted by Gasteiger charge is 2.15. The molecule has 6 heteroatoms. The number of pyridine rings is 1. The van der Waals surface area contributed by atoms with Gasteiger partial charge >= 0.3 is 0 Å². The lowest BCUT2D eigenvalue weighted by Gasteiger charge is -2.14. The average Bonchev–Trinajstić information content (AvgIpc) is 2.95. The highest BCUT2D eigenvalue weighted by Crippen LogP contribution is 2.09. The fourth-order valence-corrected chi connectivity index (χ4v) is 1.86. The van der Waals surface area contributed by atoms with Crippen molar-refractivity contribution in [1.29, 1.82) is 0 Å². The number of carbonyl (C=O) groups is 1. The van der Waals surface area contributed by atoms with Gasteiger partial charge in [0.1, 0.15) is 5.76 Å². The van der Waals surface area contributed by atoms with Gasteiger partial charge in [-0.2, -0.15) is 0 Å². The van der Waals surface area contributed by atoms with Gasteiger partial charge < -0.3 is 19.4 Å². The van der Waals surface area contributed by atoms with Crippen molar-refractivity contribution in [3.63, 3.8) is 0 Å². The second kappa shape index (κ2) is 7.09. The highest BCUT2D eigenvalue weighted by atomic mass is 16.4. The van der Waals surface area contributed by atoms with Crippen LogP contribution in [-0.4, -0.2) is 28.2 Å². The standard InChI is InChI=1S/C16H20N2O4/c1-11(2)13(19)9-17-16(21)14-7-6-12(22-14)10-18-8-4-3-5-15(18)20/h3-8,11,13,19H,9-10H2,1-2H3,(H,17,21). The van der Waals surface area contributed by atoms with Gasteiger partial charge in [0.05, 0.1) is 12.6 Å². The van der Waals surface area contributed by atoms with Gasteiger partial charge in [-0.25, -0.2) is 0 Å². The molecule has 0 aliphatic heterocycles. The fourth-order valence-electron chi connectivity index (χ4n) is 1.86.